The van der Waals surface area contributed by atoms with Crippen LogP contribution in [-0.4, -0.2) is 57.6 Å². The number of aliphatic hydroxyl groups excluding tert-OH is 4. The number of hydrogen-bond acceptors (Lipinski definition) is 8. The van der Waals surface area contributed by atoms with Crippen LogP contribution in [0.1, 0.15) is 27.2 Å². The molecule has 0 spiro atoms. The molecule has 10 heteroatoms. The Hall–Kier alpha value is 1.05. The molecule has 0 aliphatic heterocycles. The van der Waals surface area contributed by atoms with E-state index in [1.54, 1.807) is 6.92 Å². The van der Waals surface area contributed by atoms with Crippen molar-refractivity contribution in [2.24, 2.45) is 11.8 Å². The van der Waals surface area contributed by atoms with Gasteiger partial charge >= 0.3 is 0 Å². The summed E-state index contributed by atoms with van der Waals surface area (Å²) in [4.78, 5) is 11.7. The van der Waals surface area contributed by atoms with E-state index >= 15 is 0 Å². The van der Waals surface area contributed by atoms with Crippen LogP contribution in [0, 0.1) is 11.8 Å². The third-order valence-electron chi connectivity index (χ3n) is 3.92. The van der Waals surface area contributed by atoms with E-state index in [1.807, 2.05) is 6.92 Å². The maximum absolute atomic E-state index is 11.7. The van der Waals surface area contributed by atoms with Gasteiger partial charge < -0.3 is 34.4 Å². The van der Waals surface area contributed by atoms with Crippen molar-refractivity contribution in [1.82, 2.24) is 0 Å². The molecule has 0 heterocycles. The zero-order valence-electron chi connectivity index (χ0n) is 12.9. The predicted octanol–water partition coefficient (Wildman–Crippen LogP) is -1.01. The zero-order valence-corrected chi connectivity index (χ0v) is 16.6. The zero-order chi connectivity index (χ0) is 16.4. The smallest absolute Gasteiger partial charge is 0.268 e. The first kappa shape index (κ1) is 23.1. The molecule has 1 aliphatic carbocycles. The second-order valence-corrected chi connectivity index (χ2v) is 7.01. The van der Waals surface area contributed by atoms with Gasteiger partial charge in [-0.25, -0.2) is 0 Å². The van der Waals surface area contributed by atoms with Gasteiger partial charge in [-0.1, -0.05) is 27.2 Å². The molecule has 129 valence electrons. The summed E-state index contributed by atoms with van der Waals surface area (Å²) in [7, 11) is -4.77. The van der Waals surface area contributed by atoms with Crippen LogP contribution in [0.2, 0.25) is 0 Å². The molecule has 0 amide bonds. The summed E-state index contributed by atoms with van der Waals surface area (Å²) < 4.78 is 21.0. The maximum Gasteiger partial charge on any atom is 0.268 e. The topological polar surface area (TPSA) is 140 Å². The molecule has 1 rings (SSSR count). The van der Waals surface area contributed by atoms with Crippen molar-refractivity contribution in [3.05, 3.63) is 0 Å². The van der Waals surface area contributed by atoms with Gasteiger partial charge in [0.2, 0.25) is 0 Å². The molecule has 0 aromatic carbocycles. The van der Waals surface area contributed by atoms with Crippen LogP contribution in [0.4, 0.5) is 0 Å². The number of rotatable bonds is 6. The summed E-state index contributed by atoms with van der Waals surface area (Å²) in [6.45, 7) is 5.00. The van der Waals surface area contributed by atoms with Crippen LogP contribution >= 0.6 is 7.82 Å². The van der Waals surface area contributed by atoms with E-state index in [1.165, 1.54) is 6.92 Å². The Morgan fingerprint density at radius 2 is 1.59 bits per heavy atom. The van der Waals surface area contributed by atoms with E-state index in [2.05, 4.69) is 9.05 Å². The quantitative estimate of drug-likeness (QED) is 0.404. The van der Waals surface area contributed by atoms with E-state index in [-0.39, 0.29) is 45.2 Å². The molecule has 0 aromatic rings. The minimum Gasteiger partial charge on any atom is -0.756 e. The molecule has 8 nitrogen and oxygen atoms in total. The van der Waals surface area contributed by atoms with Crippen LogP contribution in [0.15, 0.2) is 0 Å². The van der Waals surface area contributed by atoms with Crippen molar-refractivity contribution < 1.29 is 71.6 Å². The number of hydrogen-bond donors (Lipinski definition) is 4. The van der Waals surface area contributed by atoms with Crippen molar-refractivity contribution in [1.29, 1.82) is 0 Å². The van der Waals surface area contributed by atoms with Crippen LogP contribution in [-0.2, 0) is 46.3 Å². The molecule has 1 aliphatic rings. The molecule has 22 heavy (non-hydrogen) atoms. The Bertz CT molecular complexity index is 368. The Morgan fingerprint density at radius 3 is 2.00 bits per heavy atom. The standard InChI is InChI=1S/C12H25O8P.Y/c1-4-6(2)5-19-21(17,18)20-12-10(15)8(13)7(3)9(14)11(12)16;/h6-16H,4-5H2,1-3H3,(H,17,18);/p-1/t6?,7?,8-,9+,10-,11-,12?;/m1./s1. The van der Waals surface area contributed by atoms with Gasteiger partial charge in [0.25, 0.3) is 7.82 Å². The predicted molar refractivity (Wildman–Crippen MR) is 71.1 cm³/mol. The van der Waals surface area contributed by atoms with E-state index in [0.29, 0.717) is 6.42 Å². The number of aliphatic hydroxyl groups is 4. The molecule has 4 unspecified atom stereocenters. The first-order valence-electron chi connectivity index (χ1n) is 6.97. The van der Waals surface area contributed by atoms with E-state index in [4.69, 9.17) is 0 Å². The van der Waals surface area contributed by atoms with Crippen LogP contribution < -0.4 is 4.89 Å². The number of phosphoric ester groups is 1. The van der Waals surface area contributed by atoms with Gasteiger partial charge in [-0.15, -0.1) is 0 Å². The minimum atomic E-state index is -4.77. The molecule has 1 fully saturated rings. The maximum atomic E-state index is 11.7. The van der Waals surface area contributed by atoms with Crippen molar-refractivity contribution in [3.63, 3.8) is 0 Å². The van der Waals surface area contributed by atoms with E-state index in [9.17, 15) is 29.9 Å². The second-order valence-electron chi connectivity index (χ2n) is 5.65. The average Bonchev–Trinajstić information content (AvgIpc) is 2.45. The summed E-state index contributed by atoms with van der Waals surface area (Å²) in [5, 5.41) is 39.1. The second kappa shape index (κ2) is 9.51. The largest absolute Gasteiger partial charge is 0.756 e. The minimum absolute atomic E-state index is 0. The molecule has 0 saturated heterocycles. The molecule has 0 aromatic heterocycles. The fourth-order valence-electron chi connectivity index (χ4n) is 2.06. The van der Waals surface area contributed by atoms with Gasteiger partial charge in [0.15, 0.2) is 0 Å². The Balaban J connectivity index is 0.00000441. The van der Waals surface area contributed by atoms with Crippen molar-refractivity contribution in [2.75, 3.05) is 6.61 Å². The van der Waals surface area contributed by atoms with Gasteiger partial charge in [0.1, 0.15) is 18.3 Å². The van der Waals surface area contributed by atoms with Gasteiger partial charge in [-0.05, 0) is 5.92 Å². The first-order chi connectivity index (χ1) is 9.60. The fourth-order valence-corrected chi connectivity index (χ4v) is 3.10. The Kier molecular flexibility index (Phi) is 9.97. The summed E-state index contributed by atoms with van der Waals surface area (Å²) in [6.07, 6.45) is -7.08. The Morgan fingerprint density at radius 1 is 1.14 bits per heavy atom. The fraction of sp³-hybridized carbons (Fsp3) is 1.00. The van der Waals surface area contributed by atoms with Crippen LogP contribution in [0.3, 0.4) is 0 Å². The SMILES string of the molecule is CCC(C)COP(=O)([O-])OC1[C@H](O)[C@H](O)C(C)[C@H](O)[C@H]1O.[Y]. The molecular formula is C12H24O8PY-. The van der Waals surface area contributed by atoms with Crippen molar-refractivity contribution >= 4 is 7.82 Å². The first-order valence-corrected chi connectivity index (χ1v) is 8.43. The number of phosphoric acid groups is 1. The molecule has 0 bridgehead atoms. The summed E-state index contributed by atoms with van der Waals surface area (Å²) in [5.74, 6) is -0.824. The molecule has 1 saturated carbocycles. The normalized spacial score (nSPS) is 39.6. The summed E-state index contributed by atoms with van der Waals surface area (Å²) >= 11 is 0. The molecule has 4 N–H and O–H groups in total. The van der Waals surface area contributed by atoms with Gasteiger partial charge in [0, 0.05) is 38.6 Å². The monoisotopic (exact) mass is 416 g/mol. The summed E-state index contributed by atoms with van der Waals surface area (Å²) in [6, 6.07) is 0. The van der Waals surface area contributed by atoms with Crippen LogP contribution in [0.25, 0.3) is 0 Å². The third-order valence-corrected chi connectivity index (χ3v) is 4.88. The van der Waals surface area contributed by atoms with Crippen LogP contribution in [0.5, 0.6) is 0 Å². The average molecular weight is 416 g/mol. The molecule has 8 atom stereocenters. The molecule has 1 radical (unpaired) electrons. The summed E-state index contributed by atoms with van der Waals surface area (Å²) in [5.41, 5.74) is 0. The molecular weight excluding hydrogens is 392 g/mol. The van der Waals surface area contributed by atoms with E-state index in [0.717, 1.165) is 0 Å². The van der Waals surface area contributed by atoms with Gasteiger partial charge in [-0.2, -0.15) is 0 Å². The third kappa shape index (κ3) is 5.85. The van der Waals surface area contributed by atoms with E-state index < -0.39 is 44.3 Å². The van der Waals surface area contributed by atoms with Gasteiger partial charge in [-0.3, -0.25) is 4.57 Å². The van der Waals surface area contributed by atoms with Crippen molar-refractivity contribution in [2.45, 2.75) is 57.7 Å². The Labute approximate surface area is 155 Å². The van der Waals surface area contributed by atoms with Crippen molar-refractivity contribution in [3.8, 4) is 0 Å². The van der Waals surface area contributed by atoms with Gasteiger partial charge in [0.05, 0.1) is 18.8 Å².